The summed E-state index contributed by atoms with van der Waals surface area (Å²) in [5.41, 5.74) is 7.29. The van der Waals surface area contributed by atoms with Crippen LogP contribution in [0, 0.1) is 0 Å². The number of carboxylic acid groups (broad SMARTS) is 1. The summed E-state index contributed by atoms with van der Waals surface area (Å²) < 4.78 is 9.21. The minimum atomic E-state index is -0.804. The van der Waals surface area contributed by atoms with Crippen molar-refractivity contribution in [3.8, 4) is 11.5 Å². The molecule has 3 aromatic rings. The molecule has 0 atom stereocenters. The number of likely N-dealkylation sites (N-methyl/N-ethyl adjacent to an activating group) is 1. The van der Waals surface area contributed by atoms with E-state index in [4.69, 9.17) is 51.1 Å². The van der Waals surface area contributed by atoms with Gasteiger partial charge < -0.3 is 14.7 Å². The number of allylic oxidation sites excluding steroid dienone is 2. The van der Waals surface area contributed by atoms with Gasteiger partial charge >= 0.3 is 5.97 Å². The van der Waals surface area contributed by atoms with Gasteiger partial charge in [-0.1, -0.05) is 52.5 Å². The van der Waals surface area contributed by atoms with E-state index in [0.717, 1.165) is 50.6 Å². The first-order valence-corrected chi connectivity index (χ1v) is 17.0. The van der Waals surface area contributed by atoms with E-state index < -0.39 is 5.97 Å². The molecule has 3 heterocycles. The van der Waals surface area contributed by atoms with Crippen LogP contribution in [0.25, 0.3) is 16.7 Å². The van der Waals surface area contributed by atoms with E-state index >= 15 is 0 Å². The van der Waals surface area contributed by atoms with E-state index in [0.29, 0.717) is 40.1 Å². The molecule has 9 heteroatoms. The van der Waals surface area contributed by atoms with Crippen LogP contribution in [0.2, 0.25) is 20.1 Å². The standard InChI is InChI=1S/C37H36Cl4N2O3/c1-8-42-27-15-29-23(12-21(27)19(2)17-36(42,4)5)32(25-14-26(38)34(40)35(41)33(25)39)24-13-22-20(3)18-37(6,7)43(11-9-10-31(44)45)28(22)16-30(24)46-29/h12-18H,8-11H2,1-7H3/p+1. The molecule has 0 amide bonds. The third-order valence-corrected chi connectivity index (χ3v) is 11.1. The Balaban J connectivity index is 1.70. The second-order valence-electron chi connectivity index (χ2n) is 13.4. The Morgan fingerprint density at radius 1 is 0.848 bits per heavy atom. The molecule has 1 N–H and O–H groups in total. The lowest BCUT2D eigenvalue weighted by molar-refractivity contribution is -0.137. The van der Waals surface area contributed by atoms with Crippen molar-refractivity contribution in [2.75, 3.05) is 18.0 Å². The number of hydrogen-bond acceptors (Lipinski definition) is 3. The molecule has 0 aromatic heterocycles. The quantitative estimate of drug-likeness (QED) is 0.124. The van der Waals surface area contributed by atoms with Crippen molar-refractivity contribution in [3.05, 3.63) is 95.4 Å². The van der Waals surface area contributed by atoms with Gasteiger partial charge in [-0.2, -0.15) is 0 Å². The third-order valence-electron chi connectivity index (χ3n) is 9.38. The summed E-state index contributed by atoms with van der Waals surface area (Å²) in [4.78, 5) is 13.7. The van der Waals surface area contributed by atoms with Crippen molar-refractivity contribution in [2.45, 2.75) is 72.4 Å². The topological polar surface area (TPSA) is 52.8 Å². The molecule has 0 aliphatic carbocycles. The number of hydrogen-bond donors (Lipinski definition) is 1. The van der Waals surface area contributed by atoms with Crippen LogP contribution in [0.1, 0.15) is 83.6 Å². The Hall–Kier alpha value is -2.96. The Morgan fingerprint density at radius 3 is 2.22 bits per heavy atom. The molecule has 3 aromatic carbocycles. The van der Waals surface area contributed by atoms with Crippen LogP contribution in [0.4, 0.5) is 5.69 Å². The number of aliphatic carboxylic acids is 1. The van der Waals surface area contributed by atoms with Gasteiger partial charge in [0.1, 0.15) is 18.0 Å². The third kappa shape index (κ3) is 5.34. The van der Waals surface area contributed by atoms with Gasteiger partial charge in [-0.25, -0.2) is 4.58 Å². The highest BCUT2D eigenvalue weighted by atomic mass is 35.5. The van der Waals surface area contributed by atoms with E-state index in [1.807, 2.05) is 0 Å². The monoisotopic (exact) mass is 697 g/mol. The summed E-state index contributed by atoms with van der Waals surface area (Å²) in [5.74, 6) is 0.558. The number of benzene rings is 3. The first-order chi connectivity index (χ1) is 21.6. The van der Waals surface area contributed by atoms with Crippen molar-refractivity contribution in [3.63, 3.8) is 0 Å². The van der Waals surface area contributed by atoms with Crippen LogP contribution in [0.5, 0.6) is 11.5 Å². The van der Waals surface area contributed by atoms with E-state index in [2.05, 4.69) is 94.4 Å². The largest absolute Gasteiger partial charge is 0.481 e. The highest BCUT2D eigenvalue weighted by molar-refractivity contribution is 6.52. The molecule has 0 spiro atoms. The van der Waals surface area contributed by atoms with Crippen LogP contribution in [0.15, 0.2) is 42.5 Å². The van der Waals surface area contributed by atoms with Crippen LogP contribution in [-0.4, -0.2) is 35.2 Å². The summed E-state index contributed by atoms with van der Waals surface area (Å²) in [6.07, 6.45) is 5.14. The van der Waals surface area contributed by atoms with E-state index in [9.17, 15) is 9.90 Å². The highest BCUT2D eigenvalue weighted by Gasteiger charge is 2.36. The van der Waals surface area contributed by atoms with Crippen LogP contribution < -0.4 is 24.8 Å². The molecule has 0 bridgehead atoms. The Labute approximate surface area is 290 Å². The average molecular weight is 700 g/mol. The molecule has 46 heavy (non-hydrogen) atoms. The van der Waals surface area contributed by atoms with Gasteiger partial charge in [0.05, 0.1) is 31.7 Å². The summed E-state index contributed by atoms with van der Waals surface area (Å²) in [6.45, 7) is 16.5. The van der Waals surface area contributed by atoms with Gasteiger partial charge in [-0.05, 0) is 76.5 Å². The number of ether oxygens (including phenoxy) is 1. The lowest BCUT2D eigenvalue weighted by atomic mass is 9.84. The molecule has 6 rings (SSSR count). The zero-order chi connectivity index (χ0) is 33.5. The van der Waals surface area contributed by atoms with Crippen molar-refractivity contribution in [1.82, 2.24) is 4.58 Å². The van der Waals surface area contributed by atoms with Crippen molar-refractivity contribution in [1.29, 1.82) is 0 Å². The van der Waals surface area contributed by atoms with E-state index in [-0.39, 0.29) is 27.5 Å². The number of rotatable bonds is 6. The molecule has 0 saturated heterocycles. The second-order valence-corrected chi connectivity index (χ2v) is 15.0. The summed E-state index contributed by atoms with van der Waals surface area (Å²) in [5, 5.41) is 12.3. The zero-order valence-corrected chi connectivity index (χ0v) is 30.1. The fourth-order valence-corrected chi connectivity index (χ4v) is 8.35. The number of carboxylic acids is 1. The van der Waals surface area contributed by atoms with Crippen molar-refractivity contribution >= 4 is 74.8 Å². The molecular weight excluding hydrogens is 662 g/mol. The van der Waals surface area contributed by atoms with Crippen LogP contribution in [0.3, 0.4) is 0 Å². The van der Waals surface area contributed by atoms with Crippen molar-refractivity contribution < 1.29 is 14.6 Å². The maximum absolute atomic E-state index is 11.4. The smallest absolute Gasteiger partial charge is 0.303 e. The number of anilines is 1. The Bertz CT molecular complexity index is 2040. The lowest BCUT2D eigenvalue weighted by Crippen LogP contribution is -2.49. The Morgan fingerprint density at radius 2 is 1.54 bits per heavy atom. The first kappa shape index (κ1) is 33.0. The predicted octanol–water partition coefficient (Wildman–Crippen LogP) is 9.23. The van der Waals surface area contributed by atoms with E-state index in [1.54, 1.807) is 6.07 Å². The number of nitrogens with zero attached hydrogens (tertiary/aromatic N) is 2. The maximum atomic E-state index is 11.4. The average Bonchev–Trinajstić information content (AvgIpc) is 2.96. The van der Waals surface area contributed by atoms with Gasteiger partial charge in [-0.15, -0.1) is 0 Å². The van der Waals surface area contributed by atoms with Gasteiger partial charge in [0.2, 0.25) is 5.36 Å². The molecule has 0 unspecified atom stereocenters. The number of fused-ring (bicyclic) bond motifs is 4. The molecule has 5 nitrogen and oxygen atoms in total. The maximum Gasteiger partial charge on any atom is 0.303 e. The summed E-state index contributed by atoms with van der Waals surface area (Å²) in [7, 11) is 0. The predicted molar refractivity (Wildman–Crippen MR) is 192 cm³/mol. The highest BCUT2D eigenvalue weighted by Crippen LogP contribution is 2.49. The molecule has 3 aliphatic rings. The Kier molecular flexibility index (Phi) is 8.33. The fourth-order valence-electron chi connectivity index (χ4n) is 7.45. The van der Waals surface area contributed by atoms with Crippen molar-refractivity contribution in [2.24, 2.45) is 0 Å². The molecule has 240 valence electrons. The first-order valence-electron chi connectivity index (χ1n) is 15.5. The molecule has 3 aliphatic heterocycles. The number of carbonyl (C=O) groups is 1. The normalized spacial score (nSPS) is 17.3. The molecule has 0 radical (unpaired) electrons. The van der Waals surface area contributed by atoms with Crippen LogP contribution >= 0.6 is 46.4 Å². The minimum absolute atomic E-state index is 0.0944. The molecule has 0 fully saturated rings. The van der Waals surface area contributed by atoms with E-state index in [1.165, 1.54) is 5.57 Å². The zero-order valence-electron chi connectivity index (χ0n) is 27.0. The van der Waals surface area contributed by atoms with Gasteiger partial charge in [0.25, 0.3) is 0 Å². The molecular formula is C37H37Cl4N2O3+. The SMILES string of the molecule is CC[N+]1=c2cc3c(cc2C(C)=CC1(C)C)=C(c1cc(Cl)c(Cl)c(Cl)c1Cl)c1cc2c(cc1O3)N(CCCC(=O)O)C(C)(C)C=C2C. The van der Waals surface area contributed by atoms with Gasteiger partial charge in [0, 0.05) is 71.6 Å². The summed E-state index contributed by atoms with van der Waals surface area (Å²) in [6, 6.07) is 10.3. The second kappa shape index (κ2) is 11.6. The van der Waals surface area contributed by atoms with Gasteiger partial charge in [-0.3, -0.25) is 4.79 Å². The molecule has 0 saturated carbocycles. The summed E-state index contributed by atoms with van der Waals surface area (Å²) >= 11 is 26.7. The lowest BCUT2D eigenvalue weighted by Gasteiger charge is -2.44. The van der Waals surface area contributed by atoms with Gasteiger partial charge in [0.15, 0.2) is 5.54 Å². The minimum Gasteiger partial charge on any atom is -0.481 e. The van der Waals surface area contributed by atoms with Crippen LogP contribution in [-0.2, 0) is 4.79 Å². The number of halogens is 4. The fraction of sp³-hybridized carbons (Fsp3) is 0.351.